The van der Waals surface area contributed by atoms with Gasteiger partial charge in [-0.3, -0.25) is 20.4 Å². The molecule has 0 aromatic heterocycles. The smallest absolute Gasteiger partial charge is 0.269 e. The summed E-state index contributed by atoms with van der Waals surface area (Å²) in [5.74, 6) is -1.07. The van der Waals surface area contributed by atoms with Gasteiger partial charge in [0.05, 0.1) is 11.3 Å². The van der Waals surface area contributed by atoms with Crippen LogP contribution in [0, 0.1) is 0 Å². The molecule has 0 fully saturated rings. The van der Waals surface area contributed by atoms with E-state index in [4.69, 9.17) is 11.6 Å². The summed E-state index contributed by atoms with van der Waals surface area (Å²) in [7, 11) is -3.75. The van der Waals surface area contributed by atoms with Crippen molar-refractivity contribution in [3.8, 4) is 0 Å². The van der Waals surface area contributed by atoms with Gasteiger partial charge in [-0.25, -0.2) is 13.1 Å². The molecule has 0 unspecified atom stereocenters. The molecule has 0 aliphatic rings. The number of hydrogen-bond acceptors (Lipinski definition) is 4. The van der Waals surface area contributed by atoms with Crippen molar-refractivity contribution in [3.63, 3.8) is 0 Å². The predicted molar refractivity (Wildman–Crippen MR) is 103 cm³/mol. The van der Waals surface area contributed by atoms with Gasteiger partial charge in [-0.05, 0) is 35.9 Å². The van der Waals surface area contributed by atoms with Crippen LogP contribution in [0.5, 0.6) is 0 Å². The van der Waals surface area contributed by atoms with Crippen LogP contribution in [0.25, 0.3) is 0 Å². The number of rotatable bonds is 7. The maximum Gasteiger partial charge on any atom is 0.269 e. The molecule has 2 rings (SSSR count). The summed E-state index contributed by atoms with van der Waals surface area (Å²) in [6.07, 6.45) is 1.46. The maximum atomic E-state index is 12.2. The Labute approximate surface area is 162 Å². The Balaban J connectivity index is 1.97. The number of carbonyl (C=O) groups excluding carboxylic acids is 2. The van der Waals surface area contributed by atoms with E-state index in [1.807, 2.05) is 0 Å². The summed E-state index contributed by atoms with van der Waals surface area (Å²) >= 11 is 5.78. The monoisotopic (exact) mass is 407 g/mol. The van der Waals surface area contributed by atoms with Crippen LogP contribution in [0.3, 0.4) is 0 Å². The Morgan fingerprint density at radius 3 is 2.44 bits per heavy atom. The van der Waals surface area contributed by atoms with Gasteiger partial charge in [0.2, 0.25) is 15.9 Å². The number of halogens is 1. The molecule has 0 saturated carbocycles. The number of benzene rings is 2. The van der Waals surface area contributed by atoms with Gasteiger partial charge in [0.25, 0.3) is 5.91 Å². The molecule has 0 heterocycles. The Morgan fingerprint density at radius 1 is 1.07 bits per heavy atom. The molecule has 0 saturated heterocycles. The molecule has 27 heavy (non-hydrogen) atoms. The molecule has 2 aromatic rings. The van der Waals surface area contributed by atoms with Gasteiger partial charge < -0.3 is 0 Å². The highest BCUT2D eigenvalue weighted by Crippen LogP contribution is 2.12. The van der Waals surface area contributed by atoms with Crippen LogP contribution in [-0.2, 0) is 21.2 Å². The SMILES string of the molecule is C=CCNS(=O)(=O)c1cccc(C(=O)NNC(=O)Cc2ccc(Cl)cc2)c1. The van der Waals surface area contributed by atoms with Crippen LogP contribution in [-0.4, -0.2) is 26.8 Å². The lowest BCUT2D eigenvalue weighted by atomic mass is 10.1. The fraction of sp³-hybridized carbons (Fsp3) is 0.111. The van der Waals surface area contributed by atoms with Gasteiger partial charge in [-0.1, -0.05) is 35.9 Å². The summed E-state index contributed by atoms with van der Waals surface area (Å²) in [5.41, 5.74) is 5.36. The molecule has 3 N–H and O–H groups in total. The Morgan fingerprint density at radius 2 is 1.78 bits per heavy atom. The number of hydrogen-bond donors (Lipinski definition) is 3. The minimum absolute atomic E-state index is 0.0529. The van der Waals surface area contributed by atoms with Crippen molar-refractivity contribution in [1.82, 2.24) is 15.6 Å². The van der Waals surface area contributed by atoms with Gasteiger partial charge >= 0.3 is 0 Å². The molecule has 0 aliphatic carbocycles. The first kappa shape index (κ1) is 20.6. The van der Waals surface area contributed by atoms with Crippen molar-refractivity contribution in [2.45, 2.75) is 11.3 Å². The third kappa shape index (κ3) is 6.21. The highest BCUT2D eigenvalue weighted by atomic mass is 35.5. The van der Waals surface area contributed by atoms with Crippen LogP contribution >= 0.6 is 11.6 Å². The molecular weight excluding hydrogens is 390 g/mol. The van der Waals surface area contributed by atoms with E-state index in [0.29, 0.717) is 5.02 Å². The van der Waals surface area contributed by atoms with Gasteiger partial charge in [-0.2, -0.15) is 0 Å². The van der Waals surface area contributed by atoms with Gasteiger partial charge in [0.15, 0.2) is 0 Å². The second-order valence-electron chi connectivity index (χ2n) is 5.47. The molecule has 0 radical (unpaired) electrons. The second-order valence-corrected chi connectivity index (χ2v) is 7.68. The molecule has 2 amide bonds. The third-order valence-corrected chi connectivity index (χ3v) is 5.09. The van der Waals surface area contributed by atoms with Crippen molar-refractivity contribution >= 4 is 33.4 Å². The zero-order valence-electron chi connectivity index (χ0n) is 14.2. The fourth-order valence-electron chi connectivity index (χ4n) is 2.09. The summed E-state index contributed by atoms with van der Waals surface area (Å²) in [5, 5.41) is 0.560. The quantitative estimate of drug-likeness (QED) is 0.481. The van der Waals surface area contributed by atoms with Crippen molar-refractivity contribution in [3.05, 3.63) is 77.3 Å². The van der Waals surface area contributed by atoms with E-state index >= 15 is 0 Å². The molecule has 7 nitrogen and oxygen atoms in total. The summed E-state index contributed by atoms with van der Waals surface area (Å²) in [6.45, 7) is 3.51. The van der Waals surface area contributed by atoms with E-state index in [2.05, 4.69) is 22.2 Å². The number of sulfonamides is 1. The summed E-state index contributed by atoms with van der Waals surface area (Å²) in [4.78, 5) is 24.0. The zero-order chi connectivity index (χ0) is 19.9. The Bertz CT molecular complexity index is 943. The molecule has 2 aromatic carbocycles. The summed E-state index contributed by atoms with van der Waals surface area (Å²) < 4.78 is 26.5. The second kappa shape index (κ2) is 9.31. The average molecular weight is 408 g/mol. The van der Waals surface area contributed by atoms with Crippen LogP contribution in [0.15, 0.2) is 66.1 Å². The lowest BCUT2D eigenvalue weighted by Gasteiger charge is -2.09. The van der Waals surface area contributed by atoms with Crippen molar-refractivity contribution in [1.29, 1.82) is 0 Å². The van der Waals surface area contributed by atoms with Crippen molar-refractivity contribution < 1.29 is 18.0 Å². The number of amides is 2. The number of carbonyl (C=O) groups is 2. The van der Waals surface area contributed by atoms with E-state index in [1.165, 1.54) is 30.3 Å². The lowest BCUT2D eigenvalue weighted by molar-refractivity contribution is -0.121. The first-order valence-corrected chi connectivity index (χ1v) is 9.72. The topological polar surface area (TPSA) is 104 Å². The van der Waals surface area contributed by atoms with Crippen LogP contribution in [0.2, 0.25) is 5.02 Å². The van der Waals surface area contributed by atoms with Crippen LogP contribution in [0.4, 0.5) is 0 Å². The highest BCUT2D eigenvalue weighted by molar-refractivity contribution is 7.89. The maximum absolute atomic E-state index is 12.2. The Hall–Kier alpha value is -2.68. The molecule has 0 spiro atoms. The minimum atomic E-state index is -3.75. The third-order valence-electron chi connectivity index (χ3n) is 3.42. The standard InChI is InChI=1S/C18H18ClN3O4S/c1-2-10-20-27(25,26)16-5-3-4-14(12-16)18(24)22-21-17(23)11-13-6-8-15(19)9-7-13/h2-9,12,20H,1,10-11H2,(H,21,23)(H,22,24). The van der Waals surface area contributed by atoms with Gasteiger partial charge in [-0.15, -0.1) is 6.58 Å². The fourth-order valence-corrected chi connectivity index (χ4v) is 3.26. The minimum Gasteiger partial charge on any atom is -0.273 e. The average Bonchev–Trinajstić information content (AvgIpc) is 2.66. The Kier molecular flexibility index (Phi) is 7.12. The van der Waals surface area contributed by atoms with E-state index in [-0.39, 0.29) is 23.4 Å². The zero-order valence-corrected chi connectivity index (χ0v) is 15.8. The normalized spacial score (nSPS) is 10.9. The van der Waals surface area contributed by atoms with Crippen LogP contribution < -0.4 is 15.6 Å². The van der Waals surface area contributed by atoms with E-state index in [1.54, 1.807) is 24.3 Å². The molecule has 0 aliphatic heterocycles. The van der Waals surface area contributed by atoms with Gasteiger partial charge in [0, 0.05) is 17.1 Å². The highest BCUT2D eigenvalue weighted by Gasteiger charge is 2.15. The molecule has 0 bridgehead atoms. The van der Waals surface area contributed by atoms with Crippen LogP contribution in [0.1, 0.15) is 15.9 Å². The predicted octanol–water partition coefficient (Wildman–Crippen LogP) is 1.81. The molecule has 9 heteroatoms. The van der Waals surface area contributed by atoms with Gasteiger partial charge in [0.1, 0.15) is 0 Å². The largest absolute Gasteiger partial charge is 0.273 e. The molecular formula is C18H18ClN3O4S. The molecule has 142 valence electrons. The first-order valence-electron chi connectivity index (χ1n) is 7.86. The van der Waals surface area contributed by atoms with E-state index in [0.717, 1.165) is 5.56 Å². The van der Waals surface area contributed by atoms with E-state index < -0.39 is 21.8 Å². The lowest BCUT2D eigenvalue weighted by Crippen LogP contribution is -2.42. The number of hydrazine groups is 1. The summed E-state index contributed by atoms with van der Waals surface area (Å²) in [6, 6.07) is 12.2. The first-order chi connectivity index (χ1) is 12.8. The van der Waals surface area contributed by atoms with Crippen molar-refractivity contribution in [2.24, 2.45) is 0 Å². The number of nitrogens with one attached hydrogen (secondary N) is 3. The molecule has 0 atom stereocenters. The van der Waals surface area contributed by atoms with Crippen molar-refractivity contribution in [2.75, 3.05) is 6.54 Å². The van der Waals surface area contributed by atoms with E-state index in [9.17, 15) is 18.0 Å².